The zero-order valence-electron chi connectivity index (χ0n) is 19.4. The van der Waals surface area contributed by atoms with Gasteiger partial charge in [-0.05, 0) is 48.7 Å². The Morgan fingerprint density at radius 1 is 1.17 bits per heavy atom. The summed E-state index contributed by atoms with van der Waals surface area (Å²) in [5, 5.41) is 3.80. The Balaban J connectivity index is 1.60. The number of alkyl halides is 3. The van der Waals surface area contributed by atoms with Crippen LogP contribution in [0, 0.1) is 0 Å². The van der Waals surface area contributed by atoms with Gasteiger partial charge < -0.3 is 15.2 Å². The van der Waals surface area contributed by atoms with Crippen molar-refractivity contribution in [2.45, 2.75) is 44.3 Å². The molecule has 0 radical (unpaired) electrons. The van der Waals surface area contributed by atoms with Crippen LogP contribution in [0.3, 0.4) is 0 Å². The van der Waals surface area contributed by atoms with Gasteiger partial charge in [0.25, 0.3) is 0 Å². The average molecular weight is 484 g/mol. The number of halogens is 3. The lowest BCUT2D eigenvalue weighted by Gasteiger charge is -2.32. The van der Waals surface area contributed by atoms with Gasteiger partial charge in [0.1, 0.15) is 17.2 Å². The number of H-pyrrole nitrogens is 1. The molecule has 0 atom stereocenters. The molecule has 1 aliphatic carbocycles. The van der Waals surface area contributed by atoms with Crippen LogP contribution in [0.2, 0.25) is 0 Å². The Morgan fingerprint density at radius 2 is 1.94 bits per heavy atom. The van der Waals surface area contributed by atoms with Crippen molar-refractivity contribution in [2.24, 2.45) is 9.98 Å². The molecule has 10 heteroatoms. The standard InChI is InChI=1S/C25H28F3N7/c1-29-20-15-31-14-19(16-4-2-3-5-16)22(20)24(35-10-8-30-9-11-35)33-13-17-6-7-32-23-18(17)12-21(34-23)25(26,27)28/h6-7,12,14-16,30H,1-5,8-11,13H2,(H,32,34)/b33-24+. The molecule has 0 bridgehead atoms. The molecule has 1 saturated carbocycles. The summed E-state index contributed by atoms with van der Waals surface area (Å²) in [6.07, 6.45) is 5.23. The molecule has 2 N–H and O–H groups in total. The second kappa shape index (κ2) is 9.77. The first kappa shape index (κ1) is 23.5. The van der Waals surface area contributed by atoms with Crippen LogP contribution >= 0.6 is 0 Å². The molecule has 4 heterocycles. The van der Waals surface area contributed by atoms with Crippen LogP contribution in [0.4, 0.5) is 18.9 Å². The van der Waals surface area contributed by atoms with E-state index in [-0.39, 0.29) is 12.2 Å². The number of pyridine rings is 2. The van der Waals surface area contributed by atoms with Gasteiger partial charge in [-0.15, -0.1) is 0 Å². The van der Waals surface area contributed by atoms with E-state index in [2.05, 4.69) is 36.9 Å². The van der Waals surface area contributed by atoms with Crippen LogP contribution in [0.5, 0.6) is 0 Å². The van der Waals surface area contributed by atoms with Gasteiger partial charge in [0.05, 0.1) is 18.4 Å². The van der Waals surface area contributed by atoms with Crippen molar-refractivity contribution < 1.29 is 13.2 Å². The molecular formula is C25H28F3N7. The first-order valence-electron chi connectivity index (χ1n) is 11.9. The van der Waals surface area contributed by atoms with Gasteiger partial charge in [-0.1, -0.05) is 12.8 Å². The quantitative estimate of drug-likeness (QED) is 0.403. The number of amidine groups is 1. The Morgan fingerprint density at radius 3 is 2.66 bits per heavy atom. The minimum Gasteiger partial charge on any atom is -0.354 e. The lowest BCUT2D eigenvalue weighted by atomic mass is 9.92. The topological polar surface area (TPSA) is 81.6 Å². The molecule has 0 spiro atoms. The van der Waals surface area contributed by atoms with E-state index in [4.69, 9.17) is 4.99 Å². The maximum atomic E-state index is 13.3. The molecule has 0 aromatic carbocycles. The molecule has 7 nitrogen and oxygen atoms in total. The predicted molar refractivity (Wildman–Crippen MR) is 130 cm³/mol. The van der Waals surface area contributed by atoms with Crippen molar-refractivity contribution in [3.8, 4) is 0 Å². The van der Waals surface area contributed by atoms with Crippen molar-refractivity contribution in [2.75, 3.05) is 26.2 Å². The third-order valence-corrected chi connectivity index (χ3v) is 6.89. The minimum atomic E-state index is -4.47. The molecule has 3 aromatic heterocycles. The Hall–Kier alpha value is -3.27. The van der Waals surface area contributed by atoms with E-state index >= 15 is 0 Å². The Bertz CT molecular complexity index is 1240. The second-order valence-corrected chi connectivity index (χ2v) is 9.05. The summed E-state index contributed by atoms with van der Waals surface area (Å²) in [5.41, 5.74) is 2.84. The number of aromatic amines is 1. The van der Waals surface area contributed by atoms with Crippen molar-refractivity contribution in [3.63, 3.8) is 0 Å². The summed E-state index contributed by atoms with van der Waals surface area (Å²) in [6.45, 7) is 7.19. The van der Waals surface area contributed by atoms with E-state index in [1.165, 1.54) is 19.0 Å². The van der Waals surface area contributed by atoms with Crippen LogP contribution in [-0.4, -0.2) is 58.6 Å². The van der Waals surface area contributed by atoms with E-state index in [0.29, 0.717) is 22.6 Å². The maximum absolute atomic E-state index is 13.3. The van der Waals surface area contributed by atoms with E-state index in [0.717, 1.165) is 62.0 Å². The normalized spacial score (nSPS) is 17.9. The predicted octanol–water partition coefficient (Wildman–Crippen LogP) is 4.82. The lowest BCUT2D eigenvalue weighted by molar-refractivity contribution is -0.140. The van der Waals surface area contributed by atoms with Gasteiger partial charge in [-0.25, -0.2) is 4.98 Å². The smallest absolute Gasteiger partial charge is 0.354 e. The van der Waals surface area contributed by atoms with Crippen LogP contribution in [0.1, 0.15) is 54.0 Å². The van der Waals surface area contributed by atoms with Crippen molar-refractivity contribution in [3.05, 3.63) is 53.1 Å². The Kier molecular flexibility index (Phi) is 6.55. The first-order chi connectivity index (χ1) is 17.0. The highest BCUT2D eigenvalue weighted by Gasteiger charge is 2.33. The van der Waals surface area contributed by atoms with Crippen LogP contribution in [-0.2, 0) is 12.7 Å². The van der Waals surface area contributed by atoms with Crippen molar-refractivity contribution in [1.82, 2.24) is 25.2 Å². The largest absolute Gasteiger partial charge is 0.431 e. The van der Waals surface area contributed by atoms with E-state index in [1.54, 1.807) is 12.3 Å². The van der Waals surface area contributed by atoms with Crippen LogP contribution in [0.15, 0.2) is 40.7 Å². The van der Waals surface area contributed by atoms with Crippen molar-refractivity contribution >= 4 is 29.3 Å². The Labute approximate surface area is 201 Å². The SMILES string of the molecule is C=Nc1cncc(C2CCCC2)c1/C(=N\Cc1ccnc2[nH]c(C(F)(F)F)cc12)N1CCNCC1. The fourth-order valence-corrected chi connectivity index (χ4v) is 5.12. The molecule has 184 valence electrons. The van der Waals surface area contributed by atoms with Gasteiger partial charge in [-0.2, -0.15) is 13.2 Å². The number of fused-ring (bicyclic) bond motifs is 1. The van der Waals surface area contributed by atoms with E-state index in [1.807, 2.05) is 6.20 Å². The molecule has 0 amide bonds. The van der Waals surface area contributed by atoms with Gasteiger partial charge in [0.2, 0.25) is 0 Å². The summed E-state index contributed by atoms with van der Waals surface area (Å²) in [5.74, 6) is 1.19. The third kappa shape index (κ3) is 4.80. The van der Waals surface area contributed by atoms with Crippen LogP contribution in [0.25, 0.3) is 11.0 Å². The molecule has 2 aliphatic rings. The number of aliphatic imine (C=N–C) groups is 2. The highest BCUT2D eigenvalue weighted by Crippen LogP contribution is 2.39. The molecule has 5 rings (SSSR count). The fraction of sp³-hybridized carbons (Fsp3) is 0.440. The van der Waals surface area contributed by atoms with Gasteiger partial charge in [0.15, 0.2) is 0 Å². The molecule has 3 aromatic rings. The minimum absolute atomic E-state index is 0.206. The van der Waals surface area contributed by atoms with Gasteiger partial charge >= 0.3 is 6.18 Å². The first-order valence-corrected chi connectivity index (χ1v) is 11.9. The van der Waals surface area contributed by atoms with Crippen molar-refractivity contribution in [1.29, 1.82) is 0 Å². The number of aromatic nitrogens is 3. The highest BCUT2D eigenvalue weighted by molar-refractivity contribution is 6.04. The number of rotatable bonds is 5. The summed E-state index contributed by atoms with van der Waals surface area (Å²) < 4.78 is 39.9. The number of hydrogen-bond acceptors (Lipinski definition) is 5. The number of hydrogen-bond donors (Lipinski definition) is 2. The highest BCUT2D eigenvalue weighted by atomic mass is 19.4. The van der Waals surface area contributed by atoms with E-state index in [9.17, 15) is 13.2 Å². The molecular weight excluding hydrogens is 455 g/mol. The number of nitrogens with one attached hydrogen (secondary N) is 2. The maximum Gasteiger partial charge on any atom is 0.431 e. The molecule has 35 heavy (non-hydrogen) atoms. The third-order valence-electron chi connectivity index (χ3n) is 6.89. The molecule has 1 aliphatic heterocycles. The summed E-state index contributed by atoms with van der Waals surface area (Å²) >= 11 is 0. The zero-order valence-corrected chi connectivity index (χ0v) is 19.4. The monoisotopic (exact) mass is 483 g/mol. The van der Waals surface area contributed by atoms with Crippen LogP contribution < -0.4 is 5.32 Å². The van der Waals surface area contributed by atoms with Gasteiger partial charge in [-0.3, -0.25) is 15.0 Å². The van der Waals surface area contributed by atoms with Gasteiger partial charge in [0, 0.05) is 49.5 Å². The fourth-order valence-electron chi connectivity index (χ4n) is 5.12. The lowest BCUT2D eigenvalue weighted by Crippen LogP contribution is -2.47. The average Bonchev–Trinajstić information content (AvgIpc) is 3.55. The second-order valence-electron chi connectivity index (χ2n) is 9.05. The summed E-state index contributed by atoms with van der Waals surface area (Å²) in [4.78, 5) is 22.4. The summed E-state index contributed by atoms with van der Waals surface area (Å²) in [6, 6.07) is 2.84. The zero-order chi connectivity index (χ0) is 24.4. The molecule has 0 unspecified atom stereocenters. The summed E-state index contributed by atoms with van der Waals surface area (Å²) in [7, 11) is 0. The van der Waals surface area contributed by atoms with E-state index < -0.39 is 11.9 Å². The molecule has 2 fully saturated rings. The molecule has 1 saturated heterocycles. The number of piperazine rings is 1. The number of nitrogens with zero attached hydrogens (tertiary/aromatic N) is 5.